The topological polar surface area (TPSA) is 49.4 Å². The first-order chi connectivity index (χ1) is 14.4. The Kier molecular flexibility index (Phi) is 5.15. The fourth-order valence-corrected chi connectivity index (χ4v) is 7.41. The second-order valence-electron chi connectivity index (χ2n) is 11.0. The predicted molar refractivity (Wildman–Crippen MR) is 118 cm³/mol. The summed E-state index contributed by atoms with van der Waals surface area (Å²) < 4.78 is 0. The van der Waals surface area contributed by atoms with Crippen LogP contribution in [0.1, 0.15) is 79.3 Å². The number of carbonyl (C=O) groups excluding carboxylic acids is 2. The van der Waals surface area contributed by atoms with Gasteiger partial charge in [0.1, 0.15) is 0 Å². The highest BCUT2D eigenvalue weighted by Crippen LogP contribution is 2.61. The van der Waals surface area contributed by atoms with Crippen molar-refractivity contribution in [1.29, 1.82) is 0 Å². The fraction of sp³-hybridized carbons (Fsp3) is 0.692. The number of nitrogens with zero attached hydrogens (tertiary/aromatic N) is 1. The van der Waals surface area contributed by atoms with E-state index in [0.29, 0.717) is 5.41 Å². The summed E-state index contributed by atoms with van der Waals surface area (Å²) in [6.07, 6.45) is 10.6. The zero-order valence-corrected chi connectivity index (χ0v) is 18.6. The van der Waals surface area contributed by atoms with Crippen LogP contribution < -0.4 is 5.32 Å². The second kappa shape index (κ2) is 7.69. The van der Waals surface area contributed by atoms with Gasteiger partial charge < -0.3 is 10.2 Å². The molecular formula is C26H36N2O2. The minimum Gasteiger partial charge on any atom is -0.353 e. The monoisotopic (exact) mass is 408 g/mol. The van der Waals surface area contributed by atoms with Gasteiger partial charge >= 0.3 is 0 Å². The number of likely N-dealkylation sites (tertiary alicyclic amines) is 1. The van der Waals surface area contributed by atoms with Gasteiger partial charge in [-0.25, -0.2) is 0 Å². The molecule has 0 aromatic heterocycles. The molecule has 1 aliphatic heterocycles. The molecule has 4 bridgehead atoms. The number of hydrogen-bond acceptors (Lipinski definition) is 2. The third kappa shape index (κ3) is 3.90. The highest BCUT2D eigenvalue weighted by molar-refractivity contribution is 5.94. The van der Waals surface area contributed by atoms with Crippen LogP contribution in [0.4, 0.5) is 0 Å². The number of aryl methyl sites for hydroxylation is 2. The first-order valence-corrected chi connectivity index (χ1v) is 12.0. The van der Waals surface area contributed by atoms with Crippen molar-refractivity contribution in [2.75, 3.05) is 13.1 Å². The Morgan fingerprint density at radius 1 is 0.967 bits per heavy atom. The van der Waals surface area contributed by atoms with Crippen molar-refractivity contribution in [2.45, 2.75) is 77.7 Å². The van der Waals surface area contributed by atoms with Crippen LogP contribution >= 0.6 is 0 Å². The Morgan fingerprint density at radius 3 is 2.13 bits per heavy atom. The highest BCUT2D eigenvalue weighted by Gasteiger charge is 2.51. The van der Waals surface area contributed by atoms with E-state index < -0.39 is 0 Å². The first kappa shape index (κ1) is 20.1. The van der Waals surface area contributed by atoms with Gasteiger partial charge in [-0.3, -0.25) is 9.59 Å². The smallest absolute Gasteiger partial charge is 0.253 e. The number of hydrogen-bond donors (Lipinski definition) is 1. The number of amides is 2. The summed E-state index contributed by atoms with van der Waals surface area (Å²) >= 11 is 0. The zero-order valence-electron chi connectivity index (χ0n) is 18.6. The molecule has 0 spiro atoms. The van der Waals surface area contributed by atoms with Gasteiger partial charge in [0, 0.05) is 31.1 Å². The van der Waals surface area contributed by atoms with Crippen molar-refractivity contribution < 1.29 is 9.59 Å². The van der Waals surface area contributed by atoms with Crippen LogP contribution in [0, 0.1) is 37.0 Å². The molecule has 1 heterocycles. The summed E-state index contributed by atoms with van der Waals surface area (Å²) in [5.74, 6) is 3.06. The van der Waals surface area contributed by atoms with Gasteiger partial charge in [0.25, 0.3) is 5.91 Å². The lowest BCUT2D eigenvalue weighted by molar-refractivity contribution is -0.130. The molecule has 4 heteroatoms. The SMILES string of the molecule is Cc1ccc(C(=O)N2CCC(NC(=O)CC34CC5CC(CC(C5)C3)C4)CC2)cc1C. The Hall–Kier alpha value is -1.84. The molecule has 0 radical (unpaired) electrons. The van der Waals surface area contributed by atoms with Crippen LogP contribution in [0.3, 0.4) is 0 Å². The first-order valence-electron chi connectivity index (χ1n) is 12.0. The minimum absolute atomic E-state index is 0.122. The van der Waals surface area contributed by atoms with Crippen LogP contribution in [0.15, 0.2) is 18.2 Å². The van der Waals surface area contributed by atoms with Crippen molar-refractivity contribution >= 4 is 11.8 Å². The number of rotatable bonds is 4. The summed E-state index contributed by atoms with van der Waals surface area (Å²) in [6.45, 7) is 5.58. The Balaban J connectivity index is 1.12. The maximum atomic E-state index is 12.9. The van der Waals surface area contributed by atoms with E-state index in [4.69, 9.17) is 0 Å². The number of nitrogens with one attached hydrogen (secondary N) is 1. The van der Waals surface area contributed by atoms with E-state index >= 15 is 0 Å². The standard InChI is InChI=1S/C26H36N2O2/c1-17-3-4-22(9-18(17)2)25(30)28-7-5-23(6-8-28)27-24(29)16-26-13-19-10-20(14-26)12-21(11-19)15-26/h3-4,9,19-21,23H,5-8,10-16H2,1-2H3,(H,27,29). The van der Waals surface area contributed by atoms with Gasteiger partial charge in [-0.2, -0.15) is 0 Å². The Bertz CT molecular complexity index is 802. The third-order valence-electron chi connectivity index (χ3n) is 8.60. The van der Waals surface area contributed by atoms with Gasteiger partial charge in [-0.1, -0.05) is 6.07 Å². The molecule has 4 nitrogen and oxygen atoms in total. The van der Waals surface area contributed by atoms with E-state index in [1.165, 1.54) is 44.1 Å². The van der Waals surface area contributed by atoms with Gasteiger partial charge in [0.15, 0.2) is 0 Å². The predicted octanol–water partition coefficient (Wildman–Crippen LogP) is 4.63. The molecule has 6 rings (SSSR count). The largest absolute Gasteiger partial charge is 0.353 e. The lowest BCUT2D eigenvalue weighted by Crippen LogP contribution is -2.50. The normalized spacial score (nSPS) is 33.0. The van der Waals surface area contributed by atoms with Gasteiger partial charge in [-0.05, 0) is 112 Å². The van der Waals surface area contributed by atoms with Crippen molar-refractivity contribution in [3.8, 4) is 0 Å². The van der Waals surface area contributed by atoms with Gasteiger partial charge in [-0.15, -0.1) is 0 Å². The molecule has 4 saturated carbocycles. The summed E-state index contributed by atoms with van der Waals surface area (Å²) in [5, 5.41) is 3.33. The molecule has 1 saturated heterocycles. The van der Waals surface area contributed by atoms with E-state index in [2.05, 4.69) is 19.2 Å². The average Bonchev–Trinajstić information content (AvgIpc) is 2.68. The maximum absolute atomic E-state index is 12.9. The summed E-state index contributed by atoms with van der Waals surface area (Å²) in [5.41, 5.74) is 3.46. The van der Waals surface area contributed by atoms with Crippen LogP contribution in [0.25, 0.3) is 0 Å². The molecule has 1 aromatic rings. The molecule has 0 unspecified atom stereocenters. The van der Waals surface area contributed by atoms with Crippen molar-refractivity contribution in [3.05, 3.63) is 34.9 Å². The lowest BCUT2D eigenvalue weighted by atomic mass is 9.49. The summed E-state index contributed by atoms with van der Waals surface area (Å²) in [4.78, 5) is 27.7. The fourth-order valence-electron chi connectivity index (χ4n) is 7.41. The summed E-state index contributed by atoms with van der Waals surface area (Å²) in [6, 6.07) is 6.18. The van der Waals surface area contributed by atoms with E-state index in [9.17, 15) is 9.59 Å². The molecular weight excluding hydrogens is 372 g/mol. The molecule has 5 fully saturated rings. The van der Waals surface area contributed by atoms with E-state index in [-0.39, 0.29) is 17.9 Å². The number of benzene rings is 1. The van der Waals surface area contributed by atoms with E-state index in [1.807, 2.05) is 23.1 Å². The molecule has 162 valence electrons. The molecule has 30 heavy (non-hydrogen) atoms. The van der Waals surface area contributed by atoms with Crippen molar-refractivity contribution in [1.82, 2.24) is 10.2 Å². The van der Waals surface area contributed by atoms with Crippen LogP contribution in [0.2, 0.25) is 0 Å². The summed E-state index contributed by atoms with van der Waals surface area (Å²) in [7, 11) is 0. The molecule has 1 aromatic carbocycles. The van der Waals surface area contributed by atoms with Gasteiger partial charge in [0.2, 0.25) is 5.91 Å². The zero-order chi connectivity index (χ0) is 20.9. The number of piperidine rings is 1. The van der Waals surface area contributed by atoms with Crippen LogP contribution in [-0.2, 0) is 4.79 Å². The molecule has 5 aliphatic rings. The number of carbonyl (C=O) groups is 2. The average molecular weight is 409 g/mol. The maximum Gasteiger partial charge on any atom is 0.253 e. The quantitative estimate of drug-likeness (QED) is 0.790. The van der Waals surface area contributed by atoms with Crippen molar-refractivity contribution in [2.24, 2.45) is 23.2 Å². The molecule has 4 aliphatic carbocycles. The molecule has 0 atom stereocenters. The second-order valence-corrected chi connectivity index (χ2v) is 11.0. The van der Waals surface area contributed by atoms with E-state index in [1.54, 1.807) is 0 Å². The Labute approximate surface area is 180 Å². The lowest BCUT2D eigenvalue weighted by Gasteiger charge is -2.56. The van der Waals surface area contributed by atoms with Crippen LogP contribution in [-0.4, -0.2) is 35.8 Å². The minimum atomic E-state index is 0.122. The van der Waals surface area contributed by atoms with Crippen molar-refractivity contribution in [3.63, 3.8) is 0 Å². The van der Waals surface area contributed by atoms with E-state index in [0.717, 1.165) is 61.2 Å². The highest BCUT2D eigenvalue weighted by atomic mass is 16.2. The van der Waals surface area contributed by atoms with Crippen LogP contribution in [0.5, 0.6) is 0 Å². The Morgan fingerprint density at radius 2 is 1.57 bits per heavy atom. The van der Waals surface area contributed by atoms with Gasteiger partial charge in [0.05, 0.1) is 0 Å². The molecule has 1 N–H and O–H groups in total. The third-order valence-corrected chi connectivity index (χ3v) is 8.60. The molecule has 2 amide bonds.